The number of benzene rings is 1. The average molecular weight is 347 g/mol. The van der Waals surface area contributed by atoms with E-state index in [1.165, 1.54) is 18.3 Å². The second-order valence-corrected chi connectivity index (χ2v) is 5.92. The average Bonchev–Trinajstić information content (AvgIpc) is 2.51. The molecule has 1 aromatic carbocycles. The van der Waals surface area contributed by atoms with Crippen LogP contribution in [0, 0.1) is 13.8 Å². The Balaban J connectivity index is 2.07. The quantitative estimate of drug-likeness (QED) is 0.658. The summed E-state index contributed by atoms with van der Waals surface area (Å²) in [4.78, 5) is 28.3. The molecule has 1 atom stereocenters. The maximum atomic E-state index is 12.4. The van der Waals surface area contributed by atoms with Gasteiger partial charge in [-0.2, -0.15) is 0 Å². The molecule has 0 radical (unpaired) electrons. The van der Waals surface area contributed by atoms with E-state index in [0.29, 0.717) is 12.1 Å². The normalized spacial score (nSPS) is 11.7. The van der Waals surface area contributed by atoms with Gasteiger partial charge >= 0.3 is 5.97 Å². The predicted octanol–water partition coefficient (Wildman–Crippen LogP) is 3.93. The molecule has 0 spiro atoms. The van der Waals surface area contributed by atoms with Gasteiger partial charge in [-0.3, -0.25) is 4.79 Å². The molecule has 2 rings (SSSR count). The van der Waals surface area contributed by atoms with Crippen molar-refractivity contribution in [1.82, 2.24) is 4.98 Å². The van der Waals surface area contributed by atoms with Gasteiger partial charge in [0.05, 0.1) is 5.56 Å². The number of esters is 1. The second kappa shape index (κ2) is 7.93. The highest BCUT2D eigenvalue weighted by atomic mass is 35.5. The van der Waals surface area contributed by atoms with Gasteiger partial charge in [0.15, 0.2) is 6.10 Å². The summed E-state index contributed by atoms with van der Waals surface area (Å²) in [6.07, 6.45) is 0.890. The van der Waals surface area contributed by atoms with Gasteiger partial charge in [-0.15, -0.1) is 0 Å². The number of ether oxygens (including phenoxy) is 1. The van der Waals surface area contributed by atoms with Crippen LogP contribution in [-0.4, -0.2) is 23.0 Å². The molecule has 24 heavy (non-hydrogen) atoms. The number of amides is 1. The number of anilines is 1. The van der Waals surface area contributed by atoms with Gasteiger partial charge in [0, 0.05) is 11.9 Å². The Hall–Kier alpha value is -2.40. The van der Waals surface area contributed by atoms with Crippen LogP contribution < -0.4 is 5.32 Å². The number of pyridine rings is 1. The first-order valence-electron chi connectivity index (χ1n) is 7.60. The number of hydrogen-bond donors (Lipinski definition) is 1. The van der Waals surface area contributed by atoms with Crippen molar-refractivity contribution in [3.8, 4) is 0 Å². The number of carbonyl (C=O) groups is 2. The summed E-state index contributed by atoms with van der Waals surface area (Å²) < 4.78 is 5.30. The van der Waals surface area contributed by atoms with Crippen LogP contribution in [-0.2, 0) is 9.53 Å². The summed E-state index contributed by atoms with van der Waals surface area (Å²) in [5.41, 5.74) is 3.02. The van der Waals surface area contributed by atoms with Gasteiger partial charge < -0.3 is 10.1 Å². The van der Waals surface area contributed by atoms with Crippen molar-refractivity contribution < 1.29 is 14.3 Å². The molecule has 0 aliphatic rings. The van der Waals surface area contributed by atoms with Gasteiger partial charge in [-0.05, 0) is 55.7 Å². The third kappa shape index (κ3) is 4.80. The van der Waals surface area contributed by atoms with Crippen LogP contribution in [0.15, 0.2) is 36.5 Å². The van der Waals surface area contributed by atoms with Crippen molar-refractivity contribution in [2.45, 2.75) is 33.3 Å². The van der Waals surface area contributed by atoms with E-state index in [1.54, 1.807) is 6.92 Å². The Morgan fingerprint density at radius 2 is 1.88 bits per heavy atom. The highest BCUT2D eigenvalue weighted by Gasteiger charge is 2.22. The van der Waals surface area contributed by atoms with Crippen molar-refractivity contribution in [3.05, 3.63) is 58.4 Å². The summed E-state index contributed by atoms with van der Waals surface area (Å²) in [6.45, 7) is 5.68. The lowest BCUT2D eigenvalue weighted by atomic mass is 10.1. The van der Waals surface area contributed by atoms with Crippen LogP contribution in [0.4, 0.5) is 5.69 Å². The fourth-order valence-electron chi connectivity index (χ4n) is 2.32. The van der Waals surface area contributed by atoms with Crippen molar-refractivity contribution in [3.63, 3.8) is 0 Å². The van der Waals surface area contributed by atoms with E-state index in [0.717, 1.165) is 11.1 Å². The monoisotopic (exact) mass is 346 g/mol. The maximum Gasteiger partial charge on any atom is 0.339 e. The zero-order valence-electron chi connectivity index (χ0n) is 13.8. The van der Waals surface area contributed by atoms with Crippen LogP contribution in [0.1, 0.15) is 34.8 Å². The summed E-state index contributed by atoms with van der Waals surface area (Å²) in [6, 6.07) is 8.63. The smallest absolute Gasteiger partial charge is 0.339 e. The third-order valence-electron chi connectivity index (χ3n) is 3.36. The Kier molecular flexibility index (Phi) is 5.93. The standard InChI is InChI=1S/C18H19ClN2O3/c1-4-15(24-18(23)13-5-6-20-16(19)10-13)17(22)21-14-8-11(2)7-12(3)9-14/h5-10,15H,4H2,1-3H3,(H,21,22). The van der Waals surface area contributed by atoms with Crippen LogP contribution in [0.5, 0.6) is 0 Å². The summed E-state index contributed by atoms with van der Waals surface area (Å²) in [5.74, 6) is -0.974. The first-order valence-corrected chi connectivity index (χ1v) is 7.98. The first kappa shape index (κ1) is 17.9. The molecule has 5 nitrogen and oxygen atoms in total. The summed E-state index contributed by atoms with van der Waals surface area (Å²) in [7, 11) is 0. The zero-order valence-corrected chi connectivity index (χ0v) is 14.6. The van der Waals surface area contributed by atoms with E-state index in [9.17, 15) is 9.59 Å². The van der Waals surface area contributed by atoms with Crippen molar-refractivity contribution in [2.24, 2.45) is 0 Å². The Bertz CT molecular complexity index is 741. The van der Waals surface area contributed by atoms with Crippen LogP contribution in [0.2, 0.25) is 5.15 Å². The van der Waals surface area contributed by atoms with E-state index in [4.69, 9.17) is 16.3 Å². The molecule has 1 heterocycles. The van der Waals surface area contributed by atoms with E-state index < -0.39 is 12.1 Å². The first-order chi connectivity index (χ1) is 11.4. The lowest BCUT2D eigenvalue weighted by Crippen LogP contribution is -2.32. The molecular formula is C18H19ClN2O3. The fourth-order valence-corrected chi connectivity index (χ4v) is 2.49. The molecule has 0 saturated heterocycles. The van der Waals surface area contributed by atoms with Gasteiger partial charge in [0.25, 0.3) is 5.91 Å². The number of rotatable bonds is 5. The van der Waals surface area contributed by atoms with Crippen LogP contribution >= 0.6 is 11.6 Å². The number of nitrogens with zero attached hydrogens (tertiary/aromatic N) is 1. The Labute approximate surface area is 146 Å². The number of aromatic nitrogens is 1. The number of hydrogen-bond acceptors (Lipinski definition) is 4. The largest absolute Gasteiger partial charge is 0.449 e. The van der Waals surface area contributed by atoms with E-state index in [-0.39, 0.29) is 16.6 Å². The molecule has 0 aliphatic heterocycles. The molecular weight excluding hydrogens is 328 g/mol. The molecule has 1 unspecified atom stereocenters. The van der Waals surface area contributed by atoms with Crippen molar-refractivity contribution in [1.29, 1.82) is 0 Å². The van der Waals surface area contributed by atoms with Gasteiger partial charge in [-0.25, -0.2) is 9.78 Å². The highest BCUT2D eigenvalue weighted by molar-refractivity contribution is 6.29. The predicted molar refractivity (Wildman–Crippen MR) is 93.3 cm³/mol. The lowest BCUT2D eigenvalue weighted by Gasteiger charge is -2.16. The van der Waals surface area contributed by atoms with E-state index >= 15 is 0 Å². The van der Waals surface area contributed by atoms with Gasteiger partial charge in [0.2, 0.25) is 0 Å². The zero-order chi connectivity index (χ0) is 17.7. The van der Waals surface area contributed by atoms with E-state index in [1.807, 2.05) is 32.0 Å². The number of carbonyl (C=O) groups excluding carboxylic acids is 2. The summed E-state index contributed by atoms with van der Waals surface area (Å²) >= 11 is 5.76. The number of nitrogens with one attached hydrogen (secondary N) is 1. The van der Waals surface area contributed by atoms with Gasteiger partial charge in [-0.1, -0.05) is 24.6 Å². The third-order valence-corrected chi connectivity index (χ3v) is 3.57. The minimum Gasteiger partial charge on any atom is -0.449 e. The van der Waals surface area contributed by atoms with Crippen molar-refractivity contribution in [2.75, 3.05) is 5.32 Å². The molecule has 6 heteroatoms. The van der Waals surface area contributed by atoms with Gasteiger partial charge in [0.1, 0.15) is 5.15 Å². The topological polar surface area (TPSA) is 68.3 Å². The minimum atomic E-state index is -0.884. The number of aryl methyl sites for hydroxylation is 2. The summed E-state index contributed by atoms with van der Waals surface area (Å²) in [5, 5.41) is 2.98. The minimum absolute atomic E-state index is 0.192. The highest BCUT2D eigenvalue weighted by Crippen LogP contribution is 2.16. The maximum absolute atomic E-state index is 12.4. The molecule has 0 saturated carbocycles. The molecule has 1 amide bonds. The molecule has 1 aromatic heterocycles. The molecule has 126 valence electrons. The number of halogens is 1. The lowest BCUT2D eigenvalue weighted by molar-refractivity contribution is -0.124. The molecule has 1 N–H and O–H groups in total. The van der Waals surface area contributed by atoms with Crippen molar-refractivity contribution >= 4 is 29.2 Å². The van der Waals surface area contributed by atoms with Crippen LogP contribution in [0.25, 0.3) is 0 Å². The molecule has 2 aromatic rings. The second-order valence-electron chi connectivity index (χ2n) is 5.54. The Morgan fingerprint density at radius 3 is 2.46 bits per heavy atom. The van der Waals surface area contributed by atoms with Crippen LogP contribution in [0.3, 0.4) is 0 Å². The molecule has 0 aliphatic carbocycles. The Morgan fingerprint density at radius 1 is 1.21 bits per heavy atom. The fraction of sp³-hybridized carbons (Fsp3) is 0.278. The van der Waals surface area contributed by atoms with E-state index in [2.05, 4.69) is 10.3 Å². The molecule has 0 bridgehead atoms. The molecule has 0 fully saturated rings. The SMILES string of the molecule is CCC(OC(=O)c1ccnc(Cl)c1)C(=O)Nc1cc(C)cc(C)c1.